The van der Waals surface area contributed by atoms with E-state index in [9.17, 15) is 23.6 Å². The highest BCUT2D eigenvalue weighted by atomic mass is 32.1. The van der Waals surface area contributed by atoms with Gasteiger partial charge in [0.2, 0.25) is 5.95 Å². The van der Waals surface area contributed by atoms with Crippen LogP contribution in [0, 0.1) is 22.7 Å². The number of aromatic nitrogens is 2. The molecule has 0 aliphatic carbocycles. The maximum Gasteiger partial charge on any atom is 0.272 e. The van der Waals surface area contributed by atoms with Crippen molar-refractivity contribution < 1.29 is 18.4 Å². The highest BCUT2D eigenvalue weighted by molar-refractivity contribution is 7.14. The number of alkyl halides is 2. The minimum absolute atomic E-state index is 0.0549. The molecule has 0 saturated carbocycles. The van der Waals surface area contributed by atoms with Gasteiger partial charge in [0, 0.05) is 25.7 Å². The third kappa shape index (κ3) is 7.05. The Hall–Kier alpha value is -3.62. The first-order valence-corrected chi connectivity index (χ1v) is 14.9. The van der Waals surface area contributed by atoms with Crippen LogP contribution in [0.15, 0.2) is 42.0 Å². The van der Waals surface area contributed by atoms with E-state index in [1.807, 2.05) is 42.7 Å². The van der Waals surface area contributed by atoms with Gasteiger partial charge in [0.05, 0.1) is 26.8 Å². The van der Waals surface area contributed by atoms with Crippen molar-refractivity contribution in [1.29, 1.82) is 5.26 Å². The fourth-order valence-electron chi connectivity index (χ4n) is 4.84. The third-order valence-corrected chi connectivity index (χ3v) is 8.71. The van der Waals surface area contributed by atoms with Gasteiger partial charge in [-0.3, -0.25) is 14.9 Å². The topological polar surface area (TPSA) is 103 Å². The highest BCUT2D eigenvalue weighted by Gasteiger charge is 2.32. The van der Waals surface area contributed by atoms with Crippen molar-refractivity contribution in [2.75, 3.05) is 18.4 Å². The number of nitrogens with one attached hydrogen (secondary N) is 2. The van der Waals surface area contributed by atoms with E-state index in [4.69, 9.17) is 4.98 Å². The standard InChI is InChI=1S/C31H38F2N6O2S/c1-18(2)13-21(15-34)29(41)38-12-11-22(17-38)39-24-8-7-20(16-35-19(3)31(4,5)6)14-23(24)36-30(39)37-28(40)26-10-9-25(42-26)27(32)33/h7-10,13-14,18-19,22,27,35H,11-12,16-17H2,1-6H3,(H,36,37,40)/t19-,22+/m0/s1. The average molecular weight is 597 g/mol. The molecule has 0 spiro atoms. The number of fused-ring (bicyclic) bond motifs is 1. The largest absolute Gasteiger partial charge is 0.336 e. The lowest BCUT2D eigenvalue weighted by Crippen LogP contribution is -2.37. The first-order valence-electron chi connectivity index (χ1n) is 14.1. The number of carbonyl (C=O) groups is 2. The fourth-order valence-corrected chi connectivity index (χ4v) is 5.60. The van der Waals surface area contributed by atoms with Crippen molar-refractivity contribution in [3.63, 3.8) is 0 Å². The molecule has 3 heterocycles. The van der Waals surface area contributed by atoms with Crippen LogP contribution in [0.3, 0.4) is 0 Å². The Morgan fingerprint density at radius 1 is 1.21 bits per heavy atom. The van der Waals surface area contributed by atoms with Gasteiger partial charge in [-0.2, -0.15) is 5.26 Å². The molecule has 0 unspecified atom stereocenters. The summed E-state index contributed by atoms with van der Waals surface area (Å²) in [6.07, 6.45) is -0.390. The first-order chi connectivity index (χ1) is 19.8. The Bertz CT molecular complexity index is 1530. The van der Waals surface area contributed by atoms with E-state index in [2.05, 4.69) is 38.3 Å². The summed E-state index contributed by atoms with van der Waals surface area (Å²) in [6.45, 7) is 13.9. The van der Waals surface area contributed by atoms with Crippen molar-refractivity contribution in [3.8, 4) is 6.07 Å². The van der Waals surface area contributed by atoms with Crippen LogP contribution in [0.5, 0.6) is 0 Å². The van der Waals surface area contributed by atoms with E-state index in [1.165, 1.54) is 12.1 Å². The lowest BCUT2D eigenvalue weighted by atomic mass is 9.88. The number of rotatable bonds is 9. The van der Waals surface area contributed by atoms with Crippen molar-refractivity contribution in [3.05, 3.63) is 57.3 Å². The normalized spacial score (nSPS) is 16.8. The number of carbonyl (C=O) groups excluding carboxylic acids is 2. The number of imidazole rings is 1. The van der Waals surface area contributed by atoms with Gasteiger partial charge < -0.3 is 14.8 Å². The number of nitrogens with zero attached hydrogens (tertiary/aromatic N) is 4. The Labute approximate surface area is 249 Å². The number of halogens is 2. The van der Waals surface area contributed by atoms with Gasteiger partial charge in [0.1, 0.15) is 11.6 Å². The predicted octanol–water partition coefficient (Wildman–Crippen LogP) is 6.69. The molecule has 11 heteroatoms. The predicted molar refractivity (Wildman–Crippen MR) is 161 cm³/mol. The van der Waals surface area contributed by atoms with E-state index < -0.39 is 12.3 Å². The van der Waals surface area contributed by atoms with Crippen LogP contribution in [0.25, 0.3) is 11.0 Å². The number of anilines is 1. The zero-order valence-corrected chi connectivity index (χ0v) is 25.7. The summed E-state index contributed by atoms with van der Waals surface area (Å²) in [6, 6.07) is 10.7. The number of hydrogen-bond acceptors (Lipinski definition) is 6. The number of amides is 2. The number of likely N-dealkylation sites (tertiary alicyclic amines) is 1. The van der Waals surface area contributed by atoms with Crippen LogP contribution < -0.4 is 10.6 Å². The van der Waals surface area contributed by atoms with Gasteiger partial charge in [0.25, 0.3) is 18.2 Å². The molecule has 2 amide bonds. The minimum Gasteiger partial charge on any atom is -0.336 e. The van der Waals surface area contributed by atoms with Crippen LogP contribution in [0.1, 0.15) is 80.5 Å². The van der Waals surface area contributed by atoms with E-state index >= 15 is 0 Å². The lowest BCUT2D eigenvalue weighted by molar-refractivity contribution is -0.125. The molecule has 0 radical (unpaired) electrons. The fraction of sp³-hybridized carbons (Fsp3) is 0.484. The van der Waals surface area contributed by atoms with Gasteiger partial charge in [0.15, 0.2) is 0 Å². The second-order valence-electron chi connectivity index (χ2n) is 12.2. The number of hydrogen-bond donors (Lipinski definition) is 2. The maximum absolute atomic E-state index is 13.1. The van der Waals surface area contributed by atoms with E-state index in [0.29, 0.717) is 31.6 Å². The van der Waals surface area contributed by atoms with Gasteiger partial charge in [-0.15, -0.1) is 11.3 Å². The highest BCUT2D eigenvalue weighted by Crippen LogP contribution is 2.33. The molecule has 224 valence electrons. The molecule has 8 nitrogen and oxygen atoms in total. The zero-order valence-electron chi connectivity index (χ0n) is 24.9. The summed E-state index contributed by atoms with van der Waals surface area (Å²) in [4.78, 5) is 32.6. The second kappa shape index (κ2) is 12.7. The Balaban J connectivity index is 1.66. The molecule has 1 aliphatic heterocycles. The smallest absolute Gasteiger partial charge is 0.272 e. The number of benzene rings is 1. The number of thiophene rings is 1. The Morgan fingerprint density at radius 2 is 1.95 bits per heavy atom. The number of allylic oxidation sites excluding steroid dienone is 1. The molecule has 2 atom stereocenters. The average Bonchev–Trinajstić information content (AvgIpc) is 3.67. The van der Waals surface area contributed by atoms with Crippen LogP contribution >= 0.6 is 11.3 Å². The molecule has 42 heavy (non-hydrogen) atoms. The molecule has 1 fully saturated rings. The van der Waals surface area contributed by atoms with E-state index in [-0.39, 0.29) is 50.6 Å². The summed E-state index contributed by atoms with van der Waals surface area (Å²) in [7, 11) is 0. The molecule has 2 N–H and O–H groups in total. The molecule has 4 rings (SSSR count). The SMILES string of the molecule is CC(C)C=C(C#N)C(=O)N1CC[C@@H](n2c(NC(=O)c3ccc(C(F)F)s3)nc3cc(CN[C@@H](C)C(C)(C)C)ccc32)C1. The second-order valence-corrected chi connectivity index (χ2v) is 13.3. The van der Waals surface area contributed by atoms with Gasteiger partial charge in [-0.05, 0) is 54.5 Å². The number of nitriles is 1. The van der Waals surface area contributed by atoms with Gasteiger partial charge in [-0.1, -0.05) is 46.8 Å². The monoisotopic (exact) mass is 596 g/mol. The van der Waals surface area contributed by atoms with Crippen LogP contribution in [0.2, 0.25) is 0 Å². The van der Waals surface area contributed by atoms with Crippen molar-refractivity contribution in [1.82, 2.24) is 19.8 Å². The molecule has 1 saturated heterocycles. The zero-order chi connectivity index (χ0) is 30.8. The van der Waals surface area contributed by atoms with E-state index in [0.717, 1.165) is 22.4 Å². The first kappa shape index (κ1) is 31.3. The van der Waals surface area contributed by atoms with Crippen molar-refractivity contribution in [2.24, 2.45) is 11.3 Å². The van der Waals surface area contributed by atoms with E-state index in [1.54, 1.807) is 11.0 Å². The summed E-state index contributed by atoms with van der Waals surface area (Å²) in [5.74, 6) is -0.503. The summed E-state index contributed by atoms with van der Waals surface area (Å²) in [5.41, 5.74) is 2.70. The third-order valence-electron chi connectivity index (χ3n) is 7.62. The maximum atomic E-state index is 13.1. The Kier molecular flexibility index (Phi) is 9.48. The summed E-state index contributed by atoms with van der Waals surface area (Å²) >= 11 is 0.745. The Morgan fingerprint density at radius 3 is 2.57 bits per heavy atom. The van der Waals surface area contributed by atoms with Gasteiger partial charge in [-0.25, -0.2) is 13.8 Å². The summed E-state index contributed by atoms with van der Waals surface area (Å²) < 4.78 is 28.2. The molecule has 1 aliphatic rings. The molecule has 0 bridgehead atoms. The van der Waals surface area contributed by atoms with Crippen molar-refractivity contribution >= 4 is 40.1 Å². The molecular formula is C31H38F2N6O2S. The lowest BCUT2D eigenvalue weighted by Gasteiger charge is -2.28. The molecule has 3 aromatic rings. The molecule has 1 aromatic carbocycles. The molecular weight excluding hydrogens is 558 g/mol. The van der Waals surface area contributed by atoms with Gasteiger partial charge >= 0.3 is 0 Å². The minimum atomic E-state index is -2.65. The van der Waals surface area contributed by atoms with Crippen LogP contribution in [0.4, 0.5) is 14.7 Å². The van der Waals surface area contributed by atoms with Crippen molar-refractivity contribution in [2.45, 2.75) is 73.0 Å². The van der Waals surface area contributed by atoms with Crippen LogP contribution in [-0.4, -0.2) is 45.4 Å². The summed E-state index contributed by atoms with van der Waals surface area (Å²) in [5, 5.41) is 15.9. The quantitative estimate of drug-likeness (QED) is 0.212. The van der Waals surface area contributed by atoms with Crippen LogP contribution in [-0.2, 0) is 11.3 Å². The molecule has 2 aromatic heterocycles.